The van der Waals surface area contributed by atoms with Gasteiger partial charge >= 0.3 is 0 Å². The van der Waals surface area contributed by atoms with Crippen LogP contribution in [0.1, 0.15) is 5.56 Å². The molecule has 0 spiro atoms. The Morgan fingerprint density at radius 3 is 2.47 bits per heavy atom. The third-order valence-corrected chi connectivity index (χ3v) is 3.67. The van der Waals surface area contributed by atoms with Crippen LogP contribution in [-0.4, -0.2) is 7.11 Å². The average molecular weight is 362 g/mol. The van der Waals surface area contributed by atoms with Crippen molar-refractivity contribution in [3.63, 3.8) is 0 Å². The monoisotopic (exact) mass is 360 g/mol. The molecule has 0 aromatic heterocycles. The summed E-state index contributed by atoms with van der Waals surface area (Å²) < 4.78 is 11.8. The van der Waals surface area contributed by atoms with E-state index in [1.807, 2.05) is 18.2 Å². The second kappa shape index (κ2) is 6.51. The number of hydrogen-bond donors (Lipinski definition) is 0. The van der Waals surface area contributed by atoms with E-state index in [0.717, 1.165) is 15.8 Å². The highest BCUT2D eigenvalue weighted by Gasteiger charge is 2.08. The van der Waals surface area contributed by atoms with Gasteiger partial charge < -0.3 is 9.47 Å². The number of alkyl halides is 1. The Labute approximate surface area is 130 Å². The van der Waals surface area contributed by atoms with Gasteiger partial charge in [-0.3, -0.25) is 0 Å². The molecule has 19 heavy (non-hydrogen) atoms. The lowest BCUT2D eigenvalue weighted by Crippen LogP contribution is -1.91. The first-order valence-corrected chi connectivity index (χ1v) is 7.20. The molecule has 100 valence electrons. The zero-order valence-electron chi connectivity index (χ0n) is 10.1. The van der Waals surface area contributed by atoms with Gasteiger partial charge in [0, 0.05) is 10.6 Å². The number of hydrogen-bond acceptors (Lipinski definition) is 2. The Balaban J connectivity index is 2.31. The van der Waals surface area contributed by atoms with Gasteiger partial charge in [-0.05, 0) is 52.3 Å². The standard InChI is InChI=1S/C14H11BrCl2O2/c1-18-11-3-5-14(12(15)7-11)19-13-4-2-10(17)6-9(13)8-16/h2-7H,8H2,1H3. The molecule has 0 saturated carbocycles. The lowest BCUT2D eigenvalue weighted by molar-refractivity contribution is 0.412. The molecule has 0 bridgehead atoms. The zero-order chi connectivity index (χ0) is 13.8. The molecule has 0 aliphatic rings. The van der Waals surface area contributed by atoms with E-state index in [4.69, 9.17) is 32.7 Å². The summed E-state index contributed by atoms with van der Waals surface area (Å²) in [6, 6.07) is 10.9. The summed E-state index contributed by atoms with van der Waals surface area (Å²) in [7, 11) is 1.62. The summed E-state index contributed by atoms with van der Waals surface area (Å²) in [6.07, 6.45) is 0. The molecule has 0 atom stereocenters. The Bertz CT molecular complexity index is 588. The highest BCUT2D eigenvalue weighted by atomic mass is 79.9. The molecule has 0 aliphatic heterocycles. The van der Waals surface area contributed by atoms with Crippen LogP contribution >= 0.6 is 39.1 Å². The minimum Gasteiger partial charge on any atom is -0.497 e. The van der Waals surface area contributed by atoms with Gasteiger partial charge in [-0.1, -0.05) is 11.6 Å². The van der Waals surface area contributed by atoms with Crippen molar-refractivity contribution in [3.05, 3.63) is 51.5 Å². The highest BCUT2D eigenvalue weighted by molar-refractivity contribution is 9.10. The maximum atomic E-state index is 5.93. The van der Waals surface area contributed by atoms with Crippen LogP contribution in [0.2, 0.25) is 5.02 Å². The van der Waals surface area contributed by atoms with Gasteiger partial charge in [-0.15, -0.1) is 11.6 Å². The lowest BCUT2D eigenvalue weighted by Gasteiger charge is -2.12. The maximum absolute atomic E-state index is 5.93. The quantitative estimate of drug-likeness (QED) is 0.656. The highest BCUT2D eigenvalue weighted by Crippen LogP contribution is 2.35. The average Bonchev–Trinajstić information content (AvgIpc) is 2.42. The van der Waals surface area contributed by atoms with Crippen molar-refractivity contribution < 1.29 is 9.47 Å². The van der Waals surface area contributed by atoms with E-state index in [1.165, 1.54) is 0 Å². The molecule has 0 radical (unpaired) electrons. The minimum atomic E-state index is 0.337. The van der Waals surface area contributed by atoms with E-state index in [-0.39, 0.29) is 0 Å². The number of rotatable bonds is 4. The van der Waals surface area contributed by atoms with Crippen molar-refractivity contribution in [2.45, 2.75) is 5.88 Å². The summed E-state index contributed by atoms with van der Waals surface area (Å²) in [5.74, 6) is 2.47. The molecule has 2 nitrogen and oxygen atoms in total. The molecule has 0 saturated heterocycles. The third-order valence-electron chi connectivity index (χ3n) is 2.53. The summed E-state index contributed by atoms with van der Waals surface area (Å²) >= 11 is 15.3. The first kappa shape index (κ1) is 14.5. The topological polar surface area (TPSA) is 18.5 Å². The van der Waals surface area contributed by atoms with Crippen molar-refractivity contribution in [3.8, 4) is 17.2 Å². The Morgan fingerprint density at radius 1 is 1.11 bits per heavy atom. The van der Waals surface area contributed by atoms with Crippen LogP contribution in [0.4, 0.5) is 0 Å². The summed E-state index contributed by atoms with van der Waals surface area (Å²) in [6.45, 7) is 0. The molecule has 2 aromatic rings. The molecular formula is C14H11BrCl2O2. The minimum absolute atomic E-state index is 0.337. The van der Waals surface area contributed by atoms with Gasteiger partial charge in [0.2, 0.25) is 0 Å². The largest absolute Gasteiger partial charge is 0.497 e. The maximum Gasteiger partial charge on any atom is 0.141 e. The van der Waals surface area contributed by atoms with E-state index in [2.05, 4.69) is 15.9 Å². The van der Waals surface area contributed by atoms with Crippen LogP contribution in [0.15, 0.2) is 40.9 Å². The van der Waals surface area contributed by atoms with Gasteiger partial charge in [0.25, 0.3) is 0 Å². The van der Waals surface area contributed by atoms with E-state index < -0.39 is 0 Å². The lowest BCUT2D eigenvalue weighted by atomic mass is 10.2. The second-order valence-electron chi connectivity index (χ2n) is 3.78. The fraction of sp³-hybridized carbons (Fsp3) is 0.143. The van der Waals surface area contributed by atoms with Crippen LogP contribution in [0.25, 0.3) is 0 Å². The molecule has 0 amide bonds. The van der Waals surface area contributed by atoms with Crippen molar-refractivity contribution in [2.75, 3.05) is 7.11 Å². The second-order valence-corrected chi connectivity index (χ2v) is 5.34. The number of methoxy groups -OCH3 is 1. The molecule has 0 heterocycles. The SMILES string of the molecule is COc1ccc(Oc2ccc(Cl)cc2CCl)c(Br)c1. The first-order chi connectivity index (χ1) is 9.13. The van der Waals surface area contributed by atoms with Crippen LogP contribution < -0.4 is 9.47 Å². The fourth-order valence-electron chi connectivity index (χ4n) is 1.56. The van der Waals surface area contributed by atoms with E-state index in [1.54, 1.807) is 25.3 Å². The molecule has 0 unspecified atom stereocenters. The molecule has 2 rings (SSSR count). The summed E-state index contributed by atoms with van der Waals surface area (Å²) in [5, 5.41) is 0.636. The molecule has 0 N–H and O–H groups in total. The Kier molecular flexibility index (Phi) is 4.97. The van der Waals surface area contributed by atoms with Crippen LogP contribution in [0.5, 0.6) is 17.2 Å². The molecule has 0 aliphatic carbocycles. The predicted octanol–water partition coefficient (Wildman–Crippen LogP) is 5.64. The van der Waals surface area contributed by atoms with E-state index in [0.29, 0.717) is 22.4 Å². The zero-order valence-corrected chi connectivity index (χ0v) is 13.2. The van der Waals surface area contributed by atoms with Gasteiger partial charge in [0.15, 0.2) is 0 Å². The molecule has 0 fully saturated rings. The molecule has 5 heteroatoms. The molecular weight excluding hydrogens is 351 g/mol. The Morgan fingerprint density at radius 2 is 1.84 bits per heavy atom. The summed E-state index contributed by atoms with van der Waals surface area (Å²) in [5.41, 5.74) is 0.844. The van der Waals surface area contributed by atoms with Gasteiger partial charge in [-0.2, -0.15) is 0 Å². The number of ether oxygens (including phenoxy) is 2. The van der Waals surface area contributed by atoms with E-state index in [9.17, 15) is 0 Å². The number of benzene rings is 2. The predicted molar refractivity (Wildman–Crippen MR) is 81.8 cm³/mol. The smallest absolute Gasteiger partial charge is 0.141 e. The van der Waals surface area contributed by atoms with E-state index >= 15 is 0 Å². The van der Waals surface area contributed by atoms with Gasteiger partial charge in [0.1, 0.15) is 17.2 Å². The van der Waals surface area contributed by atoms with Gasteiger partial charge in [-0.25, -0.2) is 0 Å². The molecule has 2 aromatic carbocycles. The summed E-state index contributed by atoms with van der Waals surface area (Å²) in [4.78, 5) is 0. The van der Waals surface area contributed by atoms with Crippen LogP contribution in [-0.2, 0) is 5.88 Å². The Hall–Kier alpha value is -0.900. The number of halogens is 3. The van der Waals surface area contributed by atoms with Crippen LogP contribution in [0.3, 0.4) is 0 Å². The fourth-order valence-corrected chi connectivity index (χ4v) is 2.40. The van der Waals surface area contributed by atoms with Crippen molar-refractivity contribution >= 4 is 39.1 Å². The normalized spacial score (nSPS) is 10.3. The van der Waals surface area contributed by atoms with Crippen molar-refractivity contribution in [2.24, 2.45) is 0 Å². The van der Waals surface area contributed by atoms with Crippen molar-refractivity contribution in [1.29, 1.82) is 0 Å². The first-order valence-electron chi connectivity index (χ1n) is 5.50. The van der Waals surface area contributed by atoms with Crippen LogP contribution in [0, 0.1) is 0 Å². The van der Waals surface area contributed by atoms with Crippen molar-refractivity contribution in [1.82, 2.24) is 0 Å². The third kappa shape index (κ3) is 3.56. The van der Waals surface area contributed by atoms with Gasteiger partial charge in [0.05, 0.1) is 17.5 Å².